The van der Waals surface area contributed by atoms with Gasteiger partial charge in [-0.05, 0) is 43.9 Å². The highest BCUT2D eigenvalue weighted by atomic mass is 16.5. The van der Waals surface area contributed by atoms with Crippen molar-refractivity contribution in [2.24, 2.45) is 23.2 Å². The van der Waals surface area contributed by atoms with E-state index in [9.17, 15) is 10.1 Å². The van der Waals surface area contributed by atoms with Gasteiger partial charge in [-0.25, -0.2) is 0 Å². The lowest BCUT2D eigenvalue weighted by molar-refractivity contribution is -0.149. The summed E-state index contributed by atoms with van der Waals surface area (Å²) >= 11 is 0. The van der Waals surface area contributed by atoms with Crippen molar-refractivity contribution in [3.05, 3.63) is 11.8 Å². The molecule has 1 N–H and O–H groups in total. The van der Waals surface area contributed by atoms with Crippen LogP contribution >= 0.6 is 0 Å². The molecule has 1 aliphatic rings. The molecular formula is C23H40N2O2. The number of unbranched alkanes of at least 4 members (excludes halogenated alkanes) is 1. The molecule has 4 unspecified atom stereocenters. The van der Waals surface area contributed by atoms with Gasteiger partial charge in [0.2, 0.25) is 0 Å². The summed E-state index contributed by atoms with van der Waals surface area (Å²) in [6.45, 7) is 13.5. The third-order valence-corrected chi connectivity index (χ3v) is 5.74. The van der Waals surface area contributed by atoms with Crippen LogP contribution in [0.1, 0.15) is 86.5 Å². The molecule has 0 fully saturated rings. The molecule has 0 bridgehead atoms. The van der Waals surface area contributed by atoms with Gasteiger partial charge in [0.05, 0.1) is 12.7 Å². The minimum atomic E-state index is -0.720. The fourth-order valence-electron chi connectivity index (χ4n) is 3.84. The molecule has 0 aromatic rings. The normalized spacial score (nSPS) is 22.1. The molecule has 1 rings (SSSR count). The van der Waals surface area contributed by atoms with Gasteiger partial charge in [0.1, 0.15) is 5.92 Å². The molecule has 0 heterocycles. The van der Waals surface area contributed by atoms with Gasteiger partial charge in [0, 0.05) is 17.7 Å². The van der Waals surface area contributed by atoms with Crippen LogP contribution in [0.2, 0.25) is 0 Å². The summed E-state index contributed by atoms with van der Waals surface area (Å²) in [6, 6.07) is 2.63. The zero-order valence-corrected chi connectivity index (χ0v) is 18.3. The molecule has 0 saturated heterocycles. The van der Waals surface area contributed by atoms with Crippen molar-refractivity contribution in [3.63, 3.8) is 0 Å². The standard InChI is InChI=1S/C23H40N2O2/c1-7-10-11-18(9-3)16-27-22(26)21(15-24)19-12-20(25-17(4)8-2)14-23(5,6)13-19/h12,17-19,21,25H,7-11,13-14,16H2,1-6H3. The second-order valence-electron chi connectivity index (χ2n) is 9.01. The summed E-state index contributed by atoms with van der Waals surface area (Å²) in [5.41, 5.74) is 1.23. The smallest absolute Gasteiger partial charge is 0.323 e. The zero-order chi connectivity index (χ0) is 20.4. The molecule has 27 heavy (non-hydrogen) atoms. The molecule has 0 radical (unpaired) electrons. The summed E-state index contributed by atoms with van der Waals surface area (Å²) in [5.74, 6) is -0.765. The summed E-state index contributed by atoms with van der Waals surface area (Å²) in [5, 5.41) is 13.3. The monoisotopic (exact) mass is 376 g/mol. The second-order valence-corrected chi connectivity index (χ2v) is 9.01. The van der Waals surface area contributed by atoms with Gasteiger partial charge in [-0.2, -0.15) is 5.26 Å². The Labute approximate surface area is 166 Å². The highest BCUT2D eigenvalue weighted by molar-refractivity contribution is 5.76. The van der Waals surface area contributed by atoms with E-state index in [1.807, 2.05) is 0 Å². The van der Waals surface area contributed by atoms with Gasteiger partial charge in [-0.15, -0.1) is 0 Å². The van der Waals surface area contributed by atoms with E-state index in [1.54, 1.807) is 0 Å². The molecule has 0 saturated carbocycles. The molecule has 154 valence electrons. The lowest BCUT2D eigenvalue weighted by atomic mass is 9.71. The van der Waals surface area contributed by atoms with Crippen molar-refractivity contribution in [2.45, 2.75) is 92.5 Å². The summed E-state index contributed by atoms with van der Waals surface area (Å²) < 4.78 is 5.59. The van der Waals surface area contributed by atoms with Crippen molar-refractivity contribution in [2.75, 3.05) is 6.61 Å². The summed E-state index contributed by atoms with van der Waals surface area (Å²) in [6.07, 6.45) is 9.33. The van der Waals surface area contributed by atoms with Crippen molar-refractivity contribution >= 4 is 5.97 Å². The molecule has 4 atom stereocenters. The molecule has 0 spiro atoms. The fourth-order valence-corrected chi connectivity index (χ4v) is 3.84. The van der Waals surface area contributed by atoms with E-state index in [0.29, 0.717) is 18.6 Å². The third kappa shape index (κ3) is 7.95. The predicted octanol–water partition coefficient (Wildman–Crippen LogP) is 5.59. The average Bonchev–Trinajstić information content (AvgIpc) is 2.61. The largest absolute Gasteiger partial charge is 0.464 e. The number of carbonyl (C=O) groups excluding carboxylic acids is 1. The first-order chi connectivity index (χ1) is 12.8. The number of ether oxygens (including phenoxy) is 1. The van der Waals surface area contributed by atoms with E-state index in [0.717, 1.165) is 50.6 Å². The molecular weight excluding hydrogens is 336 g/mol. The molecule has 0 aromatic carbocycles. The van der Waals surface area contributed by atoms with Crippen LogP contribution in [-0.2, 0) is 9.53 Å². The number of allylic oxidation sites excluding steroid dienone is 2. The van der Waals surface area contributed by atoms with E-state index < -0.39 is 5.92 Å². The van der Waals surface area contributed by atoms with Crippen LogP contribution in [0.3, 0.4) is 0 Å². The molecule has 4 heteroatoms. The van der Waals surface area contributed by atoms with Gasteiger partial charge in [0.15, 0.2) is 0 Å². The Morgan fingerprint density at radius 1 is 1.37 bits per heavy atom. The molecule has 0 aromatic heterocycles. The Morgan fingerprint density at radius 3 is 2.63 bits per heavy atom. The second kappa shape index (κ2) is 11.4. The number of esters is 1. The minimum Gasteiger partial charge on any atom is -0.464 e. The number of nitrogens with one attached hydrogen (secondary N) is 1. The average molecular weight is 377 g/mol. The van der Waals surface area contributed by atoms with Crippen LogP contribution in [0.5, 0.6) is 0 Å². The molecule has 1 aliphatic carbocycles. The maximum absolute atomic E-state index is 12.7. The Morgan fingerprint density at radius 2 is 2.07 bits per heavy atom. The summed E-state index contributed by atoms with van der Waals surface area (Å²) in [7, 11) is 0. The first kappa shape index (κ1) is 23.5. The van der Waals surface area contributed by atoms with Gasteiger partial charge in [-0.1, -0.05) is 60.0 Å². The van der Waals surface area contributed by atoms with Crippen molar-refractivity contribution in [1.29, 1.82) is 5.26 Å². The van der Waals surface area contributed by atoms with Crippen LogP contribution in [0.4, 0.5) is 0 Å². The summed E-state index contributed by atoms with van der Waals surface area (Å²) in [4.78, 5) is 12.7. The highest BCUT2D eigenvalue weighted by Gasteiger charge is 2.37. The number of nitrogens with zero attached hydrogens (tertiary/aromatic N) is 1. The topological polar surface area (TPSA) is 62.1 Å². The van der Waals surface area contributed by atoms with E-state index in [1.165, 1.54) is 0 Å². The van der Waals surface area contributed by atoms with E-state index in [2.05, 4.69) is 59.0 Å². The predicted molar refractivity (Wildman–Crippen MR) is 111 cm³/mol. The number of nitriles is 1. The number of hydrogen-bond donors (Lipinski definition) is 1. The first-order valence-corrected chi connectivity index (χ1v) is 10.8. The lowest BCUT2D eigenvalue weighted by Gasteiger charge is -2.37. The van der Waals surface area contributed by atoms with Crippen LogP contribution in [0.15, 0.2) is 11.8 Å². The fraction of sp³-hybridized carbons (Fsp3) is 0.826. The molecule has 4 nitrogen and oxygen atoms in total. The quantitative estimate of drug-likeness (QED) is 0.477. The van der Waals surface area contributed by atoms with Crippen molar-refractivity contribution in [1.82, 2.24) is 5.32 Å². The Balaban J connectivity index is 2.80. The Hall–Kier alpha value is -1.50. The maximum Gasteiger partial charge on any atom is 0.323 e. The van der Waals surface area contributed by atoms with E-state index >= 15 is 0 Å². The number of carbonyl (C=O) groups is 1. The Kier molecular flexibility index (Phi) is 9.91. The Bertz CT molecular complexity index is 533. The molecule has 0 aliphatic heterocycles. The van der Waals surface area contributed by atoms with Gasteiger partial charge in [-0.3, -0.25) is 4.79 Å². The van der Waals surface area contributed by atoms with Crippen molar-refractivity contribution < 1.29 is 9.53 Å². The zero-order valence-electron chi connectivity index (χ0n) is 18.3. The van der Waals surface area contributed by atoms with Crippen molar-refractivity contribution in [3.8, 4) is 6.07 Å². The third-order valence-electron chi connectivity index (χ3n) is 5.74. The van der Waals surface area contributed by atoms with Crippen LogP contribution in [0.25, 0.3) is 0 Å². The van der Waals surface area contributed by atoms with E-state index in [4.69, 9.17) is 4.74 Å². The van der Waals surface area contributed by atoms with Gasteiger partial charge in [0.25, 0.3) is 0 Å². The maximum atomic E-state index is 12.7. The number of rotatable bonds is 11. The highest BCUT2D eigenvalue weighted by Crippen LogP contribution is 2.40. The lowest BCUT2D eigenvalue weighted by Crippen LogP contribution is -2.36. The van der Waals surface area contributed by atoms with Crippen LogP contribution < -0.4 is 5.32 Å². The number of hydrogen-bond acceptors (Lipinski definition) is 4. The first-order valence-electron chi connectivity index (χ1n) is 10.8. The van der Waals surface area contributed by atoms with Gasteiger partial charge >= 0.3 is 5.97 Å². The minimum absolute atomic E-state index is 0.0671. The SMILES string of the molecule is CCCCC(CC)COC(=O)C(C#N)C1C=C(NC(C)CC)CC(C)(C)C1. The van der Waals surface area contributed by atoms with Crippen LogP contribution in [0, 0.1) is 34.5 Å². The van der Waals surface area contributed by atoms with E-state index in [-0.39, 0.29) is 17.3 Å². The van der Waals surface area contributed by atoms with Crippen LogP contribution in [-0.4, -0.2) is 18.6 Å². The van der Waals surface area contributed by atoms with Gasteiger partial charge < -0.3 is 10.1 Å². The molecule has 0 amide bonds.